The van der Waals surface area contributed by atoms with Crippen molar-refractivity contribution >= 4 is 5.97 Å². The van der Waals surface area contributed by atoms with Crippen molar-refractivity contribution < 1.29 is 28.5 Å². The molecule has 0 N–H and O–H groups in total. The van der Waals surface area contributed by atoms with E-state index < -0.39 is 12.1 Å². The van der Waals surface area contributed by atoms with Crippen LogP contribution in [0.2, 0.25) is 0 Å². The van der Waals surface area contributed by atoms with Crippen LogP contribution in [0.5, 0.6) is 23.0 Å². The lowest BCUT2D eigenvalue weighted by molar-refractivity contribution is -0.146. The fraction of sp³-hybridized carbons (Fsp3) is 0.108. The molecule has 0 radical (unpaired) electrons. The van der Waals surface area contributed by atoms with Gasteiger partial charge in [0.15, 0.2) is 6.10 Å². The second-order valence-electron chi connectivity index (χ2n) is 9.55. The molecule has 43 heavy (non-hydrogen) atoms. The number of carbonyl (C=O) groups excluding carboxylic acids is 1. The summed E-state index contributed by atoms with van der Waals surface area (Å²) in [5, 5.41) is 0. The average Bonchev–Trinajstić information content (AvgIpc) is 3.07. The molecule has 1 unspecified atom stereocenters. The van der Waals surface area contributed by atoms with Crippen LogP contribution in [-0.2, 0) is 9.53 Å². The number of hydrogen-bond acceptors (Lipinski definition) is 6. The zero-order valence-electron chi connectivity index (χ0n) is 23.6. The maximum atomic E-state index is 11.9. The third-order valence-corrected chi connectivity index (χ3v) is 6.50. The van der Waals surface area contributed by atoms with E-state index in [1.165, 1.54) is 0 Å². The first kappa shape index (κ1) is 29.0. The number of ether oxygens (including phenoxy) is 5. The van der Waals surface area contributed by atoms with Crippen molar-refractivity contribution in [2.75, 3.05) is 20.0 Å². The van der Waals surface area contributed by atoms with Gasteiger partial charge in [-0.1, -0.05) is 97.6 Å². The highest BCUT2D eigenvalue weighted by molar-refractivity contribution is 5.81. The Morgan fingerprint density at radius 1 is 0.535 bits per heavy atom. The van der Waals surface area contributed by atoms with Gasteiger partial charge in [-0.3, -0.25) is 0 Å². The van der Waals surface area contributed by atoms with Crippen LogP contribution in [0, 0.1) is 0 Å². The summed E-state index contributed by atoms with van der Waals surface area (Å²) in [4.78, 5) is 11.9. The Bertz CT molecular complexity index is 1580. The van der Waals surface area contributed by atoms with Crippen molar-refractivity contribution in [1.82, 2.24) is 0 Å². The fourth-order valence-electron chi connectivity index (χ4n) is 4.27. The maximum absolute atomic E-state index is 11.9. The predicted molar refractivity (Wildman–Crippen MR) is 167 cm³/mol. The van der Waals surface area contributed by atoms with E-state index in [0.29, 0.717) is 23.0 Å². The maximum Gasteiger partial charge on any atom is 0.330 e. The lowest BCUT2D eigenvalue weighted by Gasteiger charge is -2.19. The summed E-state index contributed by atoms with van der Waals surface area (Å²) >= 11 is 0. The Hall–Kier alpha value is -5.49. The van der Waals surface area contributed by atoms with Gasteiger partial charge in [-0.25, -0.2) is 4.79 Å². The quantitative estimate of drug-likeness (QED) is 0.0764. The van der Waals surface area contributed by atoms with Crippen molar-refractivity contribution in [2.45, 2.75) is 6.10 Å². The molecule has 0 amide bonds. The van der Waals surface area contributed by atoms with Crippen LogP contribution in [-0.4, -0.2) is 32.1 Å². The molecule has 0 aromatic heterocycles. The Kier molecular flexibility index (Phi) is 10.1. The molecule has 0 heterocycles. The first-order valence-corrected chi connectivity index (χ1v) is 13.9. The minimum atomic E-state index is -0.661. The minimum absolute atomic E-state index is 0.0324. The molecule has 0 saturated carbocycles. The molecular formula is C37H32O6. The van der Waals surface area contributed by atoms with Gasteiger partial charge in [-0.15, -0.1) is 0 Å². The normalized spacial score (nSPS) is 11.2. The van der Waals surface area contributed by atoms with Gasteiger partial charge in [0.1, 0.15) is 36.2 Å². The Morgan fingerprint density at radius 3 is 1.51 bits per heavy atom. The summed E-state index contributed by atoms with van der Waals surface area (Å²) in [5.74, 6) is 1.94. The number of carbonyl (C=O) groups is 1. The van der Waals surface area contributed by atoms with Gasteiger partial charge < -0.3 is 23.7 Å². The van der Waals surface area contributed by atoms with Crippen molar-refractivity contribution in [3.05, 3.63) is 146 Å². The lowest BCUT2D eigenvalue weighted by atomic mass is 10.1. The van der Waals surface area contributed by atoms with Crippen LogP contribution < -0.4 is 18.9 Å². The number of hydrogen-bond donors (Lipinski definition) is 0. The van der Waals surface area contributed by atoms with Crippen molar-refractivity contribution in [3.8, 4) is 45.3 Å². The Labute approximate surface area is 251 Å². The molecule has 216 valence electrons. The fourth-order valence-corrected chi connectivity index (χ4v) is 4.27. The second-order valence-corrected chi connectivity index (χ2v) is 9.55. The highest BCUT2D eigenvalue weighted by Crippen LogP contribution is 2.24. The van der Waals surface area contributed by atoms with E-state index in [4.69, 9.17) is 23.7 Å². The lowest BCUT2D eigenvalue weighted by Crippen LogP contribution is -2.30. The molecule has 6 heteroatoms. The molecule has 0 saturated heterocycles. The monoisotopic (exact) mass is 572 g/mol. The van der Waals surface area contributed by atoms with E-state index in [9.17, 15) is 4.79 Å². The highest BCUT2D eigenvalue weighted by atomic mass is 16.7. The third kappa shape index (κ3) is 8.75. The van der Waals surface area contributed by atoms with E-state index >= 15 is 0 Å². The minimum Gasteiger partial charge on any atom is -0.490 e. The molecule has 6 nitrogen and oxygen atoms in total. The topological polar surface area (TPSA) is 63.2 Å². The van der Waals surface area contributed by atoms with Gasteiger partial charge in [0.2, 0.25) is 6.79 Å². The zero-order chi connectivity index (χ0) is 29.7. The first-order valence-electron chi connectivity index (χ1n) is 13.9. The predicted octanol–water partition coefficient (Wildman–Crippen LogP) is 7.99. The molecule has 5 aromatic carbocycles. The molecule has 0 aliphatic carbocycles. The Balaban J connectivity index is 1.11. The van der Waals surface area contributed by atoms with Crippen molar-refractivity contribution in [3.63, 3.8) is 0 Å². The number of rotatable bonds is 14. The van der Waals surface area contributed by atoms with Gasteiger partial charge in [0.05, 0.1) is 0 Å². The standard InChI is InChI=1S/C37H32O6/c1-2-37(38)43-36(25-39-32-20-16-30(17-21-32)28-10-5-3-6-11-28)26-40-34-14-9-15-35(24-34)42-27-41-33-22-18-31(19-23-33)29-12-7-4-8-13-29/h2-24,36H,1,25-27H2. The summed E-state index contributed by atoms with van der Waals surface area (Å²) in [6.45, 7) is 3.70. The van der Waals surface area contributed by atoms with E-state index in [1.54, 1.807) is 12.1 Å². The van der Waals surface area contributed by atoms with Gasteiger partial charge in [-0.2, -0.15) is 0 Å². The molecule has 0 aliphatic rings. The molecule has 0 bridgehead atoms. The third-order valence-electron chi connectivity index (χ3n) is 6.50. The molecule has 1 atom stereocenters. The van der Waals surface area contributed by atoms with Gasteiger partial charge >= 0.3 is 5.97 Å². The second kappa shape index (κ2) is 14.9. The van der Waals surface area contributed by atoms with Crippen LogP contribution in [0.15, 0.2) is 146 Å². The zero-order valence-corrected chi connectivity index (χ0v) is 23.6. The molecule has 0 aliphatic heterocycles. The van der Waals surface area contributed by atoms with E-state index in [1.807, 2.05) is 97.1 Å². The summed E-state index contributed by atoms with van der Waals surface area (Å²) < 4.78 is 28.8. The largest absolute Gasteiger partial charge is 0.490 e. The van der Waals surface area contributed by atoms with Crippen LogP contribution >= 0.6 is 0 Å². The van der Waals surface area contributed by atoms with E-state index in [0.717, 1.165) is 28.3 Å². The summed E-state index contributed by atoms with van der Waals surface area (Å²) in [5.41, 5.74) is 4.46. The Morgan fingerprint density at radius 2 is 0.977 bits per heavy atom. The molecule has 0 spiro atoms. The summed E-state index contributed by atoms with van der Waals surface area (Å²) in [6.07, 6.45) is 0.455. The molecular weight excluding hydrogens is 540 g/mol. The van der Waals surface area contributed by atoms with Gasteiger partial charge in [0.25, 0.3) is 0 Å². The van der Waals surface area contributed by atoms with E-state index in [-0.39, 0.29) is 20.0 Å². The summed E-state index contributed by atoms with van der Waals surface area (Å²) in [7, 11) is 0. The van der Waals surface area contributed by atoms with Crippen LogP contribution in [0.1, 0.15) is 0 Å². The van der Waals surface area contributed by atoms with Gasteiger partial charge in [-0.05, 0) is 58.7 Å². The molecule has 5 aromatic rings. The smallest absolute Gasteiger partial charge is 0.330 e. The SMILES string of the molecule is C=CC(=O)OC(COc1ccc(-c2ccccc2)cc1)COc1cccc(OCOc2ccc(-c3ccccc3)cc2)c1. The summed E-state index contributed by atoms with van der Waals surface area (Å²) in [6, 6.07) is 43.0. The van der Waals surface area contributed by atoms with Crippen LogP contribution in [0.4, 0.5) is 0 Å². The van der Waals surface area contributed by atoms with E-state index in [2.05, 4.69) is 30.8 Å². The first-order chi connectivity index (χ1) is 21.2. The van der Waals surface area contributed by atoms with Crippen LogP contribution in [0.25, 0.3) is 22.3 Å². The van der Waals surface area contributed by atoms with Crippen molar-refractivity contribution in [2.24, 2.45) is 0 Å². The highest BCUT2D eigenvalue weighted by Gasteiger charge is 2.16. The number of benzene rings is 5. The number of esters is 1. The van der Waals surface area contributed by atoms with Crippen molar-refractivity contribution in [1.29, 1.82) is 0 Å². The molecule has 5 rings (SSSR count). The average molecular weight is 573 g/mol. The molecule has 0 fully saturated rings. The van der Waals surface area contributed by atoms with Crippen LogP contribution in [0.3, 0.4) is 0 Å². The van der Waals surface area contributed by atoms with Gasteiger partial charge in [0, 0.05) is 12.1 Å².